The molecule has 1 atom stereocenters. The Kier molecular flexibility index (Phi) is 5.57. The third-order valence-electron chi connectivity index (χ3n) is 5.76. The number of fused-ring (bicyclic) bond motifs is 1. The predicted octanol–water partition coefficient (Wildman–Crippen LogP) is 0.429. The van der Waals surface area contributed by atoms with E-state index in [1.807, 2.05) is 13.0 Å². The van der Waals surface area contributed by atoms with Crippen LogP contribution in [-0.4, -0.2) is 37.4 Å². The monoisotopic (exact) mass is 411 g/mol. The van der Waals surface area contributed by atoms with E-state index in [9.17, 15) is 14.4 Å². The van der Waals surface area contributed by atoms with Crippen LogP contribution in [0.25, 0.3) is 0 Å². The summed E-state index contributed by atoms with van der Waals surface area (Å²) in [4.78, 5) is 14.9. The zero-order chi connectivity index (χ0) is 21.3. The lowest BCUT2D eigenvalue weighted by Gasteiger charge is -2.28. The van der Waals surface area contributed by atoms with E-state index in [1.54, 1.807) is 22.8 Å². The summed E-state index contributed by atoms with van der Waals surface area (Å²) < 4.78 is 26.7. The average Bonchev–Trinajstić information content (AvgIpc) is 2.73. The first-order valence-electron chi connectivity index (χ1n) is 9.98. The SMILES string of the molecule is Cc1cc2c(c(=O)n1CC[NH+]1CCOCC1)[C@H](c1cccc(F)c1)C(C#N)=C(N)O2. The Hall–Kier alpha value is -3.15. The Bertz CT molecular complexity index is 1100. The molecular weight excluding hydrogens is 387 g/mol. The molecule has 3 N–H and O–H groups in total. The van der Waals surface area contributed by atoms with Gasteiger partial charge in [-0.3, -0.25) is 4.79 Å². The number of nitriles is 1. The number of ether oxygens (including phenoxy) is 2. The van der Waals surface area contributed by atoms with Crippen LogP contribution in [0, 0.1) is 24.1 Å². The quantitative estimate of drug-likeness (QED) is 0.761. The maximum atomic E-state index is 13.9. The minimum Gasteiger partial charge on any atom is -0.440 e. The highest BCUT2D eigenvalue weighted by Crippen LogP contribution is 2.40. The van der Waals surface area contributed by atoms with Gasteiger partial charge in [-0.05, 0) is 24.6 Å². The normalized spacial score (nSPS) is 19.2. The summed E-state index contributed by atoms with van der Waals surface area (Å²) in [6, 6.07) is 9.70. The molecule has 2 aliphatic heterocycles. The van der Waals surface area contributed by atoms with Crippen molar-refractivity contribution in [2.75, 3.05) is 32.8 Å². The van der Waals surface area contributed by atoms with Gasteiger partial charge in [0.25, 0.3) is 5.56 Å². The number of nitrogens with zero attached hydrogens (tertiary/aromatic N) is 2. The fraction of sp³-hybridized carbons (Fsp3) is 0.364. The maximum Gasteiger partial charge on any atom is 0.258 e. The lowest BCUT2D eigenvalue weighted by atomic mass is 9.84. The average molecular weight is 411 g/mol. The largest absolute Gasteiger partial charge is 0.440 e. The summed E-state index contributed by atoms with van der Waals surface area (Å²) in [6.45, 7) is 6.42. The first-order chi connectivity index (χ1) is 14.5. The number of morpholine rings is 1. The fourth-order valence-corrected chi connectivity index (χ4v) is 4.16. The molecule has 0 saturated carbocycles. The van der Waals surface area contributed by atoms with Crippen molar-refractivity contribution in [1.82, 2.24) is 4.57 Å². The zero-order valence-electron chi connectivity index (χ0n) is 16.8. The molecule has 8 heteroatoms. The van der Waals surface area contributed by atoms with E-state index in [0.717, 1.165) is 38.5 Å². The number of pyridine rings is 1. The summed E-state index contributed by atoms with van der Waals surface area (Å²) >= 11 is 0. The topological polar surface area (TPSA) is 94.7 Å². The molecule has 1 saturated heterocycles. The Morgan fingerprint density at radius 3 is 2.80 bits per heavy atom. The molecule has 2 aromatic rings. The molecule has 0 spiro atoms. The maximum absolute atomic E-state index is 13.9. The number of nitrogens with two attached hydrogens (primary N) is 1. The van der Waals surface area contributed by atoms with Crippen molar-refractivity contribution < 1.29 is 18.8 Å². The van der Waals surface area contributed by atoms with E-state index in [4.69, 9.17) is 15.2 Å². The van der Waals surface area contributed by atoms with Crippen LogP contribution >= 0.6 is 0 Å². The van der Waals surface area contributed by atoms with Gasteiger partial charge >= 0.3 is 0 Å². The molecule has 0 bridgehead atoms. The molecule has 156 valence electrons. The van der Waals surface area contributed by atoms with E-state index in [1.165, 1.54) is 17.0 Å². The Morgan fingerprint density at radius 2 is 2.10 bits per heavy atom. The Morgan fingerprint density at radius 1 is 1.33 bits per heavy atom. The summed E-state index contributed by atoms with van der Waals surface area (Å²) in [7, 11) is 0. The number of hydrogen-bond donors (Lipinski definition) is 2. The molecule has 1 fully saturated rings. The molecule has 2 aliphatic rings. The van der Waals surface area contributed by atoms with Gasteiger partial charge in [0.1, 0.15) is 36.3 Å². The van der Waals surface area contributed by atoms with Crippen LogP contribution in [0.5, 0.6) is 5.75 Å². The molecule has 30 heavy (non-hydrogen) atoms. The van der Waals surface area contributed by atoms with E-state index in [0.29, 0.717) is 23.4 Å². The van der Waals surface area contributed by atoms with Crippen LogP contribution in [-0.2, 0) is 11.3 Å². The van der Waals surface area contributed by atoms with Gasteiger partial charge in [-0.15, -0.1) is 0 Å². The van der Waals surface area contributed by atoms with Gasteiger partial charge in [0.05, 0.1) is 37.8 Å². The Labute approximate surface area is 173 Å². The third kappa shape index (κ3) is 3.70. The number of allylic oxidation sites excluding steroid dienone is 1. The van der Waals surface area contributed by atoms with E-state index < -0.39 is 11.7 Å². The molecule has 1 aromatic carbocycles. The standard InChI is InChI=1S/C22H23FN4O3/c1-14-11-18-20(22(28)27(14)6-5-26-7-9-29-10-8-26)19(17(13-24)21(25)30-18)15-3-2-4-16(23)12-15/h2-4,11-12,19H,5-10,25H2,1H3/p+1/t19-/m1/s1. The van der Waals surface area contributed by atoms with Gasteiger partial charge in [0, 0.05) is 11.8 Å². The van der Waals surface area contributed by atoms with Gasteiger partial charge in [0.2, 0.25) is 5.88 Å². The van der Waals surface area contributed by atoms with Crippen molar-refractivity contribution in [3.05, 3.63) is 74.8 Å². The molecular formula is C22H24FN4O3+. The number of aryl methyl sites for hydroxylation is 1. The van der Waals surface area contributed by atoms with Crippen LogP contribution in [0.1, 0.15) is 22.7 Å². The second-order valence-corrected chi connectivity index (χ2v) is 7.61. The van der Waals surface area contributed by atoms with Crippen molar-refractivity contribution in [1.29, 1.82) is 5.26 Å². The highest BCUT2D eigenvalue weighted by Gasteiger charge is 2.34. The number of nitrogens with one attached hydrogen (secondary N) is 1. The number of halogens is 1. The molecule has 1 aromatic heterocycles. The van der Waals surface area contributed by atoms with E-state index >= 15 is 0 Å². The summed E-state index contributed by atoms with van der Waals surface area (Å²) in [5, 5.41) is 9.69. The molecule has 0 amide bonds. The van der Waals surface area contributed by atoms with Gasteiger partial charge in [0.15, 0.2) is 0 Å². The lowest BCUT2D eigenvalue weighted by molar-refractivity contribution is -0.908. The molecule has 3 heterocycles. The van der Waals surface area contributed by atoms with Crippen LogP contribution in [0.4, 0.5) is 4.39 Å². The smallest absolute Gasteiger partial charge is 0.258 e. The van der Waals surface area contributed by atoms with Gasteiger partial charge < -0.3 is 24.7 Å². The number of rotatable bonds is 4. The zero-order valence-corrected chi connectivity index (χ0v) is 16.8. The number of hydrogen-bond acceptors (Lipinski definition) is 5. The van der Waals surface area contributed by atoms with Gasteiger partial charge in [-0.25, -0.2) is 4.39 Å². The molecule has 7 nitrogen and oxygen atoms in total. The molecule has 0 unspecified atom stereocenters. The van der Waals surface area contributed by atoms with Crippen molar-refractivity contribution in [2.45, 2.75) is 19.4 Å². The van der Waals surface area contributed by atoms with Crippen molar-refractivity contribution >= 4 is 0 Å². The minimum absolute atomic E-state index is 0.0615. The first kappa shape index (κ1) is 20.1. The summed E-state index contributed by atoms with van der Waals surface area (Å²) in [5.41, 5.74) is 7.40. The van der Waals surface area contributed by atoms with Crippen LogP contribution in [0.2, 0.25) is 0 Å². The molecule has 0 aliphatic carbocycles. The Balaban J connectivity index is 1.78. The third-order valence-corrected chi connectivity index (χ3v) is 5.76. The van der Waals surface area contributed by atoms with Gasteiger partial charge in [-0.1, -0.05) is 12.1 Å². The molecule has 0 radical (unpaired) electrons. The number of aromatic nitrogens is 1. The predicted molar refractivity (Wildman–Crippen MR) is 108 cm³/mol. The summed E-state index contributed by atoms with van der Waals surface area (Å²) in [5.74, 6) is -0.962. The van der Waals surface area contributed by atoms with Crippen LogP contribution < -0.4 is 20.9 Å². The van der Waals surface area contributed by atoms with Crippen molar-refractivity contribution in [3.63, 3.8) is 0 Å². The fourth-order valence-electron chi connectivity index (χ4n) is 4.16. The van der Waals surface area contributed by atoms with Crippen LogP contribution in [0.3, 0.4) is 0 Å². The van der Waals surface area contributed by atoms with Crippen molar-refractivity contribution in [2.24, 2.45) is 5.73 Å². The highest BCUT2D eigenvalue weighted by molar-refractivity contribution is 5.55. The second-order valence-electron chi connectivity index (χ2n) is 7.61. The van der Waals surface area contributed by atoms with Crippen LogP contribution in [0.15, 0.2) is 46.6 Å². The molecule has 4 rings (SSSR count). The minimum atomic E-state index is -0.774. The summed E-state index contributed by atoms with van der Waals surface area (Å²) in [6.07, 6.45) is 0. The van der Waals surface area contributed by atoms with Crippen molar-refractivity contribution in [3.8, 4) is 11.8 Å². The highest BCUT2D eigenvalue weighted by atomic mass is 19.1. The van der Waals surface area contributed by atoms with E-state index in [-0.39, 0.29) is 17.0 Å². The van der Waals surface area contributed by atoms with E-state index in [2.05, 4.69) is 0 Å². The number of quaternary nitrogens is 1. The number of benzene rings is 1. The first-order valence-corrected chi connectivity index (χ1v) is 9.98. The lowest BCUT2D eigenvalue weighted by Crippen LogP contribution is -3.14. The van der Waals surface area contributed by atoms with Gasteiger partial charge in [-0.2, -0.15) is 5.26 Å². The second kappa shape index (κ2) is 8.30.